The van der Waals surface area contributed by atoms with Crippen LogP contribution in [-0.2, 0) is 5.92 Å². The summed E-state index contributed by atoms with van der Waals surface area (Å²) >= 11 is 0. The Kier molecular flexibility index (Phi) is 2.26. The Morgan fingerprint density at radius 3 is 2.85 bits per heavy atom. The number of H-pyrrole nitrogens is 1. The Morgan fingerprint density at radius 2 is 2.38 bits per heavy atom. The van der Waals surface area contributed by atoms with Crippen LogP contribution in [0.15, 0.2) is 6.20 Å². The normalized spacial score (nSPS) is 11.6. The molecular weight excluding hydrogens is 184 g/mol. The second-order valence-electron chi connectivity index (χ2n) is 2.45. The van der Waals surface area contributed by atoms with Crippen LogP contribution in [0, 0.1) is 10.1 Å². The summed E-state index contributed by atoms with van der Waals surface area (Å²) in [6.45, 7) is 1.24. The Balaban J connectivity index is 3.14. The molecule has 0 saturated heterocycles. The smallest absolute Gasteiger partial charge is 0.270 e. The molecule has 0 aliphatic heterocycles. The molecule has 0 spiro atoms. The average Bonchev–Trinajstić information content (AvgIpc) is 2.52. The Bertz CT molecular complexity index is 323. The molecule has 0 amide bonds. The highest BCUT2D eigenvalue weighted by molar-refractivity contribution is 5.34. The van der Waals surface area contributed by atoms with Crippen molar-refractivity contribution in [1.82, 2.24) is 10.2 Å². The summed E-state index contributed by atoms with van der Waals surface area (Å²) in [4.78, 5) is 9.37. The lowest BCUT2D eigenvalue weighted by Crippen LogP contribution is -2.14. The van der Waals surface area contributed by atoms with Crippen molar-refractivity contribution in [1.29, 1.82) is 0 Å². The minimum Gasteiger partial charge on any atom is -0.270 e. The SMILES string of the molecule is CCC(F)(F)c1[nH]ncc1[N+](=O)[O-]. The second kappa shape index (κ2) is 3.08. The third-order valence-corrected chi connectivity index (χ3v) is 1.63. The van der Waals surface area contributed by atoms with Crippen LogP contribution >= 0.6 is 0 Å². The van der Waals surface area contributed by atoms with Crippen molar-refractivity contribution in [3.05, 3.63) is 22.0 Å². The zero-order valence-corrected chi connectivity index (χ0v) is 6.75. The van der Waals surface area contributed by atoms with Gasteiger partial charge in [-0.15, -0.1) is 0 Å². The number of halogens is 2. The molecule has 0 aliphatic rings. The molecule has 5 nitrogen and oxygen atoms in total. The molecule has 7 heteroatoms. The monoisotopic (exact) mass is 191 g/mol. The molecule has 1 heterocycles. The van der Waals surface area contributed by atoms with E-state index < -0.39 is 28.6 Å². The molecule has 0 aliphatic carbocycles. The first-order valence-corrected chi connectivity index (χ1v) is 3.55. The average molecular weight is 191 g/mol. The van der Waals surface area contributed by atoms with E-state index in [0.717, 1.165) is 6.20 Å². The number of hydrogen-bond acceptors (Lipinski definition) is 3. The number of alkyl halides is 2. The largest absolute Gasteiger partial charge is 0.316 e. The number of aromatic amines is 1. The van der Waals surface area contributed by atoms with E-state index in [1.54, 1.807) is 0 Å². The topological polar surface area (TPSA) is 71.8 Å². The van der Waals surface area contributed by atoms with Gasteiger partial charge < -0.3 is 0 Å². The van der Waals surface area contributed by atoms with Gasteiger partial charge in [0, 0.05) is 6.42 Å². The molecule has 0 fully saturated rings. The van der Waals surface area contributed by atoms with Crippen molar-refractivity contribution in [3.8, 4) is 0 Å². The van der Waals surface area contributed by atoms with Crippen LogP contribution in [-0.4, -0.2) is 15.1 Å². The van der Waals surface area contributed by atoms with E-state index in [9.17, 15) is 18.9 Å². The van der Waals surface area contributed by atoms with Crippen molar-refractivity contribution >= 4 is 5.69 Å². The van der Waals surface area contributed by atoms with Gasteiger partial charge in [0.05, 0.1) is 4.92 Å². The quantitative estimate of drug-likeness (QED) is 0.585. The predicted octanol–water partition coefficient (Wildman–Crippen LogP) is 1.82. The highest BCUT2D eigenvalue weighted by atomic mass is 19.3. The van der Waals surface area contributed by atoms with Crippen LogP contribution in [0.4, 0.5) is 14.5 Å². The van der Waals surface area contributed by atoms with Gasteiger partial charge in [-0.3, -0.25) is 15.2 Å². The zero-order chi connectivity index (χ0) is 10.1. The summed E-state index contributed by atoms with van der Waals surface area (Å²) in [7, 11) is 0. The number of nitro groups is 1. The van der Waals surface area contributed by atoms with Crippen molar-refractivity contribution in [2.75, 3.05) is 0 Å². The first-order valence-electron chi connectivity index (χ1n) is 3.55. The number of aromatic nitrogens is 2. The highest BCUT2D eigenvalue weighted by Crippen LogP contribution is 2.35. The van der Waals surface area contributed by atoms with Gasteiger partial charge in [-0.1, -0.05) is 6.92 Å². The first kappa shape index (κ1) is 9.56. The molecule has 0 radical (unpaired) electrons. The molecule has 0 atom stereocenters. The van der Waals surface area contributed by atoms with Crippen molar-refractivity contribution in [3.63, 3.8) is 0 Å². The standard InChI is InChI=1S/C6H7F2N3O2/c1-2-6(7,8)5-4(11(12)13)3-9-10-5/h3H,2H2,1H3,(H,9,10). The van der Waals surface area contributed by atoms with Gasteiger partial charge in [-0.2, -0.15) is 13.9 Å². The first-order chi connectivity index (χ1) is 5.99. The van der Waals surface area contributed by atoms with Gasteiger partial charge in [0.1, 0.15) is 6.20 Å². The van der Waals surface area contributed by atoms with Crippen molar-refractivity contribution in [2.45, 2.75) is 19.3 Å². The number of rotatable bonds is 3. The van der Waals surface area contributed by atoms with E-state index in [2.05, 4.69) is 5.10 Å². The highest BCUT2D eigenvalue weighted by Gasteiger charge is 2.38. The fraction of sp³-hybridized carbons (Fsp3) is 0.500. The Hall–Kier alpha value is -1.53. The molecule has 0 aromatic carbocycles. The lowest BCUT2D eigenvalue weighted by atomic mass is 10.2. The lowest BCUT2D eigenvalue weighted by Gasteiger charge is -2.09. The summed E-state index contributed by atoms with van der Waals surface area (Å²) < 4.78 is 25.9. The summed E-state index contributed by atoms with van der Waals surface area (Å²) in [5.41, 5.74) is -1.41. The third kappa shape index (κ3) is 1.63. The molecule has 13 heavy (non-hydrogen) atoms. The van der Waals surface area contributed by atoms with E-state index in [1.807, 2.05) is 5.10 Å². The fourth-order valence-electron chi connectivity index (χ4n) is 0.864. The lowest BCUT2D eigenvalue weighted by molar-refractivity contribution is -0.387. The van der Waals surface area contributed by atoms with Gasteiger partial charge in [0.25, 0.3) is 5.92 Å². The molecule has 0 bridgehead atoms. The van der Waals surface area contributed by atoms with Gasteiger partial charge in [-0.05, 0) is 0 Å². The minimum absolute atomic E-state index is 0.504. The predicted molar refractivity (Wildman–Crippen MR) is 39.4 cm³/mol. The molecular formula is C6H7F2N3O2. The molecule has 1 aromatic rings. The maximum absolute atomic E-state index is 13.0. The van der Waals surface area contributed by atoms with Crippen LogP contribution in [0.25, 0.3) is 0 Å². The van der Waals surface area contributed by atoms with E-state index in [1.165, 1.54) is 6.92 Å². The second-order valence-corrected chi connectivity index (χ2v) is 2.45. The summed E-state index contributed by atoms with van der Waals surface area (Å²) in [5, 5.41) is 15.4. The Labute approximate surface area is 71.9 Å². The number of nitrogens with zero attached hydrogens (tertiary/aromatic N) is 2. The van der Waals surface area contributed by atoms with E-state index in [-0.39, 0.29) is 0 Å². The molecule has 1 aromatic heterocycles. The van der Waals surface area contributed by atoms with Crippen LogP contribution < -0.4 is 0 Å². The number of nitrogens with one attached hydrogen (secondary N) is 1. The van der Waals surface area contributed by atoms with Crippen LogP contribution in [0.2, 0.25) is 0 Å². The maximum Gasteiger partial charge on any atom is 0.316 e. The summed E-state index contributed by atoms with van der Waals surface area (Å²) in [6, 6.07) is 0. The molecule has 0 saturated carbocycles. The van der Waals surface area contributed by atoms with Crippen LogP contribution in [0.3, 0.4) is 0 Å². The van der Waals surface area contributed by atoms with E-state index in [0.29, 0.717) is 0 Å². The third-order valence-electron chi connectivity index (χ3n) is 1.63. The van der Waals surface area contributed by atoms with Gasteiger partial charge in [-0.25, -0.2) is 0 Å². The van der Waals surface area contributed by atoms with Gasteiger partial charge in [0.15, 0.2) is 5.69 Å². The Morgan fingerprint density at radius 1 is 1.77 bits per heavy atom. The van der Waals surface area contributed by atoms with E-state index in [4.69, 9.17) is 0 Å². The molecule has 72 valence electrons. The molecule has 1 N–H and O–H groups in total. The number of hydrogen-bond donors (Lipinski definition) is 1. The van der Waals surface area contributed by atoms with Crippen molar-refractivity contribution < 1.29 is 13.7 Å². The maximum atomic E-state index is 13.0. The summed E-state index contributed by atoms with van der Waals surface area (Å²) in [5.74, 6) is -3.22. The zero-order valence-electron chi connectivity index (χ0n) is 6.75. The van der Waals surface area contributed by atoms with Crippen LogP contribution in [0.5, 0.6) is 0 Å². The van der Waals surface area contributed by atoms with E-state index >= 15 is 0 Å². The molecule has 1 rings (SSSR count). The molecule has 0 unspecified atom stereocenters. The van der Waals surface area contributed by atoms with Gasteiger partial charge >= 0.3 is 5.69 Å². The van der Waals surface area contributed by atoms with Gasteiger partial charge in [0.2, 0.25) is 0 Å². The summed E-state index contributed by atoms with van der Waals surface area (Å²) in [6.07, 6.45) is 0.273. The minimum atomic E-state index is -3.22. The van der Waals surface area contributed by atoms with Crippen LogP contribution in [0.1, 0.15) is 19.0 Å². The fourth-order valence-corrected chi connectivity index (χ4v) is 0.864. The van der Waals surface area contributed by atoms with Crippen molar-refractivity contribution in [2.24, 2.45) is 0 Å².